The Hall–Kier alpha value is -1.45. The van der Waals surface area contributed by atoms with Crippen LogP contribution in [0.4, 0.5) is 0 Å². The largest absolute Gasteiger partial charge is 0.496 e. The number of nitrogens with one attached hydrogen (secondary N) is 1. The molecule has 0 bridgehead atoms. The van der Waals surface area contributed by atoms with Crippen molar-refractivity contribution in [1.82, 2.24) is 4.98 Å². The molecule has 0 aliphatic carbocycles. The van der Waals surface area contributed by atoms with Crippen molar-refractivity contribution in [2.45, 2.75) is 0 Å². The van der Waals surface area contributed by atoms with Crippen LogP contribution in [0.3, 0.4) is 0 Å². The molecule has 1 aromatic heterocycles. The Kier molecular flexibility index (Phi) is 3.41. The Balaban J connectivity index is 2.43. The average Bonchev–Trinajstić information content (AvgIpc) is 2.68. The zero-order valence-corrected chi connectivity index (χ0v) is 10.5. The summed E-state index contributed by atoms with van der Waals surface area (Å²) in [5, 5.41) is 0.579. The molecule has 0 fully saturated rings. The van der Waals surface area contributed by atoms with E-state index in [1.54, 1.807) is 24.3 Å². The van der Waals surface area contributed by atoms with E-state index >= 15 is 0 Å². The number of benzene rings is 1. The molecule has 1 heterocycles. The van der Waals surface area contributed by atoms with Crippen LogP contribution in [0, 0.1) is 0 Å². The molecule has 3 nitrogen and oxygen atoms in total. The van der Waals surface area contributed by atoms with Gasteiger partial charge in [-0.1, -0.05) is 35.3 Å². The van der Waals surface area contributed by atoms with Gasteiger partial charge in [-0.2, -0.15) is 0 Å². The van der Waals surface area contributed by atoms with E-state index in [-0.39, 0.29) is 10.9 Å². The van der Waals surface area contributed by atoms with Crippen molar-refractivity contribution >= 4 is 29.0 Å². The molecule has 0 amide bonds. The fraction of sp³-hybridized carbons (Fsp3) is 0.0833. The highest BCUT2D eigenvalue weighted by Crippen LogP contribution is 2.26. The van der Waals surface area contributed by atoms with Crippen LogP contribution in [0.15, 0.2) is 30.3 Å². The highest BCUT2D eigenvalue weighted by Gasteiger charge is 2.17. The van der Waals surface area contributed by atoms with Gasteiger partial charge in [-0.3, -0.25) is 4.79 Å². The van der Waals surface area contributed by atoms with E-state index in [9.17, 15) is 4.79 Å². The van der Waals surface area contributed by atoms with Crippen molar-refractivity contribution in [2.75, 3.05) is 7.11 Å². The van der Waals surface area contributed by atoms with E-state index < -0.39 is 0 Å². The van der Waals surface area contributed by atoms with Gasteiger partial charge in [-0.25, -0.2) is 0 Å². The number of para-hydroxylation sites is 1. The lowest BCUT2D eigenvalue weighted by Crippen LogP contribution is -2.04. The molecule has 2 rings (SSSR count). The van der Waals surface area contributed by atoms with Gasteiger partial charge in [0.15, 0.2) is 0 Å². The molecule has 17 heavy (non-hydrogen) atoms. The zero-order valence-electron chi connectivity index (χ0n) is 8.96. The molecule has 0 aliphatic rings. The summed E-state index contributed by atoms with van der Waals surface area (Å²) in [7, 11) is 1.51. The van der Waals surface area contributed by atoms with Crippen LogP contribution in [-0.2, 0) is 0 Å². The first-order chi connectivity index (χ1) is 8.13. The lowest BCUT2D eigenvalue weighted by atomic mass is 10.1. The summed E-state index contributed by atoms with van der Waals surface area (Å²) in [6.07, 6.45) is 0. The molecule has 5 heteroatoms. The van der Waals surface area contributed by atoms with Crippen LogP contribution in [-0.4, -0.2) is 17.9 Å². The third-order valence-corrected chi connectivity index (χ3v) is 3.01. The topological polar surface area (TPSA) is 42.1 Å². The molecule has 0 aliphatic heterocycles. The number of aromatic amines is 1. The predicted octanol–water partition coefficient (Wildman–Crippen LogP) is 3.56. The second-order valence-corrected chi connectivity index (χ2v) is 4.16. The summed E-state index contributed by atoms with van der Waals surface area (Å²) in [5.74, 6) is 0.301. The molecule has 0 saturated heterocycles. The Morgan fingerprint density at radius 1 is 1.29 bits per heavy atom. The first kappa shape index (κ1) is 12.0. The van der Waals surface area contributed by atoms with E-state index in [1.165, 1.54) is 13.2 Å². The minimum absolute atomic E-state index is 0.212. The van der Waals surface area contributed by atoms with Crippen LogP contribution in [0.5, 0.6) is 5.75 Å². The van der Waals surface area contributed by atoms with E-state index in [2.05, 4.69) is 4.98 Å². The van der Waals surface area contributed by atoms with Gasteiger partial charge in [0.1, 0.15) is 10.9 Å². The number of carbonyl (C=O) groups excluding carboxylic acids is 1. The molecule has 88 valence electrons. The fourth-order valence-corrected chi connectivity index (χ4v) is 1.82. The number of hydrogen-bond acceptors (Lipinski definition) is 2. The summed E-state index contributed by atoms with van der Waals surface area (Å²) in [4.78, 5) is 14.9. The molecule has 0 radical (unpaired) electrons. The van der Waals surface area contributed by atoms with Crippen LogP contribution >= 0.6 is 23.2 Å². The maximum absolute atomic E-state index is 12.2. The smallest absolute Gasteiger partial charge is 0.212 e. The number of halogens is 2. The van der Waals surface area contributed by atoms with Crippen LogP contribution in [0.2, 0.25) is 10.2 Å². The normalized spacial score (nSPS) is 10.3. The van der Waals surface area contributed by atoms with Gasteiger partial charge in [0.25, 0.3) is 0 Å². The van der Waals surface area contributed by atoms with E-state index in [0.29, 0.717) is 22.0 Å². The summed E-state index contributed by atoms with van der Waals surface area (Å²) in [6.45, 7) is 0. The van der Waals surface area contributed by atoms with Crippen LogP contribution in [0.25, 0.3) is 0 Å². The standard InChI is InChI=1S/C12H9Cl2NO2/c1-17-10-5-3-2-4-7(10)11(16)9-6-8(13)12(14)15-9/h2-6,15H,1H3. The van der Waals surface area contributed by atoms with Gasteiger partial charge in [-0.05, 0) is 18.2 Å². The number of ether oxygens (including phenoxy) is 1. The Bertz CT molecular complexity index is 544. The molecule has 0 spiro atoms. The molecule has 0 unspecified atom stereocenters. The summed E-state index contributed by atoms with van der Waals surface area (Å²) in [6, 6.07) is 8.47. The molecular formula is C12H9Cl2NO2. The van der Waals surface area contributed by atoms with Gasteiger partial charge >= 0.3 is 0 Å². The third-order valence-electron chi connectivity index (χ3n) is 2.32. The van der Waals surface area contributed by atoms with Crippen LogP contribution < -0.4 is 4.74 Å². The van der Waals surface area contributed by atoms with Gasteiger partial charge in [0.2, 0.25) is 5.78 Å². The summed E-state index contributed by atoms with van der Waals surface area (Å²) >= 11 is 11.6. The minimum atomic E-state index is -0.212. The van der Waals surface area contributed by atoms with E-state index in [0.717, 1.165) is 0 Å². The number of methoxy groups -OCH3 is 1. The number of carbonyl (C=O) groups is 1. The maximum atomic E-state index is 12.2. The highest BCUT2D eigenvalue weighted by atomic mass is 35.5. The molecular weight excluding hydrogens is 261 g/mol. The Morgan fingerprint density at radius 3 is 2.59 bits per heavy atom. The monoisotopic (exact) mass is 269 g/mol. The van der Waals surface area contributed by atoms with Crippen LogP contribution in [0.1, 0.15) is 16.1 Å². The van der Waals surface area contributed by atoms with Crippen molar-refractivity contribution < 1.29 is 9.53 Å². The van der Waals surface area contributed by atoms with Crippen molar-refractivity contribution in [1.29, 1.82) is 0 Å². The second kappa shape index (κ2) is 4.82. The molecule has 0 saturated carbocycles. The van der Waals surface area contributed by atoms with Gasteiger partial charge in [0.05, 0.1) is 23.4 Å². The molecule has 1 N–H and O–H groups in total. The number of H-pyrrole nitrogens is 1. The van der Waals surface area contributed by atoms with E-state index in [4.69, 9.17) is 27.9 Å². The quantitative estimate of drug-likeness (QED) is 0.866. The Labute approximate surface area is 108 Å². The lowest BCUT2D eigenvalue weighted by molar-refractivity contribution is 0.103. The maximum Gasteiger partial charge on any atom is 0.212 e. The first-order valence-corrected chi connectivity index (χ1v) is 5.61. The number of hydrogen-bond donors (Lipinski definition) is 1. The number of rotatable bonds is 3. The van der Waals surface area contributed by atoms with Crippen molar-refractivity contribution in [3.8, 4) is 5.75 Å². The molecule has 2 aromatic rings. The summed E-state index contributed by atoms with van der Waals surface area (Å²) in [5.41, 5.74) is 0.800. The van der Waals surface area contributed by atoms with E-state index in [1.807, 2.05) is 0 Å². The number of ketones is 1. The van der Waals surface area contributed by atoms with Gasteiger partial charge in [0, 0.05) is 0 Å². The Morgan fingerprint density at radius 2 is 2.00 bits per heavy atom. The van der Waals surface area contributed by atoms with Gasteiger partial charge < -0.3 is 9.72 Å². The average molecular weight is 270 g/mol. The third kappa shape index (κ3) is 2.30. The lowest BCUT2D eigenvalue weighted by Gasteiger charge is -2.05. The highest BCUT2D eigenvalue weighted by molar-refractivity contribution is 6.41. The second-order valence-electron chi connectivity index (χ2n) is 3.37. The van der Waals surface area contributed by atoms with Gasteiger partial charge in [-0.15, -0.1) is 0 Å². The number of aromatic nitrogens is 1. The fourth-order valence-electron chi connectivity index (χ4n) is 1.50. The van der Waals surface area contributed by atoms with Crippen molar-refractivity contribution in [3.05, 3.63) is 51.8 Å². The SMILES string of the molecule is COc1ccccc1C(=O)c1cc(Cl)c(Cl)[nH]1. The first-order valence-electron chi connectivity index (χ1n) is 4.85. The van der Waals surface area contributed by atoms with Crippen molar-refractivity contribution in [2.24, 2.45) is 0 Å². The molecule has 0 atom stereocenters. The van der Waals surface area contributed by atoms with Crippen molar-refractivity contribution in [3.63, 3.8) is 0 Å². The zero-order chi connectivity index (χ0) is 12.4. The molecule has 1 aromatic carbocycles. The summed E-state index contributed by atoms with van der Waals surface area (Å²) < 4.78 is 5.12. The predicted molar refractivity (Wildman–Crippen MR) is 67.2 cm³/mol. The minimum Gasteiger partial charge on any atom is -0.496 e.